The molecule has 0 fully saturated rings. The molecule has 0 saturated heterocycles. The number of rotatable bonds is 4. The first-order valence-corrected chi connectivity index (χ1v) is 5.41. The Kier molecular flexibility index (Phi) is 4.37. The fraction of sp³-hybridized carbons (Fsp3) is 0.800. The first-order valence-electron chi connectivity index (χ1n) is 3.42. The van der Waals surface area contributed by atoms with Crippen molar-refractivity contribution in [3.63, 3.8) is 0 Å². The summed E-state index contributed by atoms with van der Waals surface area (Å²) >= 11 is 4.94. The van der Waals surface area contributed by atoms with Crippen LogP contribution >= 0.6 is 11.6 Å². The first-order chi connectivity index (χ1) is 6.50. The van der Waals surface area contributed by atoms with Crippen LogP contribution in [0, 0.1) is 0 Å². The molecule has 2 atom stereocenters. The van der Waals surface area contributed by atoms with E-state index in [-0.39, 0.29) is 0 Å². The lowest BCUT2D eigenvalue weighted by molar-refractivity contribution is -0.138. The second-order valence-corrected chi connectivity index (χ2v) is 5.49. The molecule has 0 aromatic rings. The Morgan fingerprint density at radius 3 is 2.13 bits per heavy atom. The van der Waals surface area contributed by atoms with Gasteiger partial charge in [-0.25, -0.2) is 8.42 Å². The van der Waals surface area contributed by atoms with Crippen molar-refractivity contribution in [2.45, 2.75) is 22.7 Å². The Labute approximate surface area is 87.9 Å². The van der Waals surface area contributed by atoms with Gasteiger partial charge in [0.1, 0.15) is 10.8 Å². The summed E-state index contributed by atoms with van der Waals surface area (Å²) in [6, 6.07) is -1.76. The summed E-state index contributed by atoms with van der Waals surface area (Å²) in [5.74, 6) is -1.63. The lowest BCUT2D eigenvalue weighted by atomic mass is 10.2. The molecule has 0 aliphatic heterocycles. The standard InChI is InChI=1S/C5H7ClF3NO4S/c6-3(1-2(10)4(11)12)15(13,14)5(7,8)9/h2-3H,1,10H2,(H,11,12). The second kappa shape index (κ2) is 4.54. The molecule has 0 aliphatic rings. The van der Waals surface area contributed by atoms with E-state index >= 15 is 0 Å². The van der Waals surface area contributed by atoms with E-state index in [0.717, 1.165) is 0 Å². The maximum atomic E-state index is 11.9. The van der Waals surface area contributed by atoms with Crippen LogP contribution in [0.1, 0.15) is 6.42 Å². The number of aliphatic carboxylic acids is 1. The van der Waals surface area contributed by atoms with Crippen molar-refractivity contribution in [2.75, 3.05) is 0 Å². The molecule has 0 aromatic carbocycles. The predicted molar refractivity (Wildman–Crippen MR) is 44.8 cm³/mol. The molecule has 0 aliphatic carbocycles. The van der Waals surface area contributed by atoms with Crippen molar-refractivity contribution in [3.8, 4) is 0 Å². The summed E-state index contributed by atoms with van der Waals surface area (Å²) in [4.78, 5) is 10.2. The van der Waals surface area contributed by atoms with Crippen LogP contribution in [0.4, 0.5) is 13.2 Å². The lowest BCUT2D eigenvalue weighted by Gasteiger charge is -2.15. The van der Waals surface area contributed by atoms with Gasteiger partial charge in [-0.15, -0.1) is 11.6 Å². The molecule has 15 heavy (non-hydrogen) atoms. The summed E-state index contributed by atoms with van der Waals surface area (Å²) in [6.45, 7) is 0. The van der Waals surface area contributed by atoms with Crippen molar-refractivity contribution < 1.29 is 31.5 Å². The van der Waals surface area contributed by atoms with Gasteiger partial charge in [0.2, 0.25) is 0 Å². The van der Waals surface area contributed by atoms with Gasteiger partial charge < -0.3 is 10.8 Å². The molecule has 5 nitrogen and oxygen atoms in total. The third-order valence-electron chi connectivity index (χ3n) is 1.42. The van der Waals surface area contributed by atoms with E-state index in [1.54, 1.807) is 0 Å². The minimum absolute atomic E-state index is 1.02. The van der Waals surface area contributed by atoms with Crippen molar-refractivity contribution >= 4 is 27.4 Å². The molecule has 0 radical (unpaired) electrons. The zero-order valence-electron chi connectivity index (χ0n) is 7.03. The summed E-state index contributed by atoms with van der Waals surface area (Å²) < 4.78 is 54.4. The zero-order chi connectivity index (χ0) is 12.4. The Bertz CT molecular complexity index is 341. The highest BCUT2D eigenvalue weighted by Crippen LogP contribution is 2.30. The van der Waals surface area contributed by atoms with Crippen molar-refractivity contribution in [2.24, 2.45) is 5.73 Å². The summed E-state index contributed by atoms with van der Waals surface area (Å²) in [6.07, 6.45) is -1.02. The molecule has 0 saturated carbocycles. The van der Waals surface area contributed by atoms with E-state index in [1.165, 1.54) is 0 Å². The second-order valence-electron chi connectivity index (χ2n) is 2.58. The molecule has 0 bridgehead atoms. The number of carboxylic acid groups (broad SMARTS) is 1. The van der Waals surface area contributed by atoms with Crippen molar-refractivity contribution in [1.29, 1.82) is 0 Å². The van der Waals surface area contributed by atoms with Gasteiger partial charge in [-0.2, -0.15) is 13.2 Å². The highest BCUT2D eigenvalue weighted by atomic mass is 35.5. The quantitative estimate of drug-likeness (QED) is 0.715. The van der Waals surface area contributed by atoms with Crippen LogP contribution in [0.15, 0.2) is 0 Å². The maximum Gasteiger partial charge on any atom is 0.498 e. The molecule has 0 heterocycles. The third kappa shape index (κ3) is 3.50. The number of hydrogen-bond donors (Lipinski definition) is 2. The van der Waals surface area contributed by atoms with Crippen molar-refractivity contribution in [1.82, 2.24) is 0 Å². The van der Waals surface area contributed by atoms with Crippen LogP contribution in [-0.2, 0) is 14.6 Å². The van der Waals surface area contributed by atoms with Gasteiger partial charge in [0, 0.05) is 6.42 Å². The molecule has 0 spiro atoms. The fourth-order valence-corrected chi connectivity index (χ4v) is 1.82. The van der Waals surface area contributed by atoms with E-state index in [9.17, 15) is 26.4 Å². The normalized spacial score (nSPS) is 17.1. The van der Waals surface area contributed by atoms with E-state index in [2.05, 4.69) is 0 Å². The molecule has 3 N–H and O–H groups in total. The van der Waals surface area contributed by atoms with Gasteiger partial charge in [-0.05, 0) is 0 Å². The maximum absolute atomic E-state index is 11.9. The van der Waals surface area contributed by atoms with Crippen LogP contribution < -0.4 is 5.73 Å². The average Bonchev–Trinajstić information content (AvgIpc) is 2.01. The SMILES string of the molecule is NC(CC(Cl)S(=O)(=O)C(F)(F)F)C(=O)O. The molecular weight excluding hydrogens is 263 g/mol. The monoisotopic (exact) mass is 269 g/mol. The number of halogens is 4. The lowest BCUT2D eigenvalue weighted by Crippen LogP contribution is -2.38. The van der Waals surface area contributed by atoms with Gasteiger partial charge >= 0.3 is 11.5 Å². The van der Waals surface area contributed by atoms with Crippen LogP contribution in [0.2, 0.25) is 0 Å². The number of hydrogen-bond acceptors (Lipinski definition) is 4. The van der Waals surface area contributed by atoms with E-state index < -0.39 is 38.5 Å². The molecule has 0 rings (SSSR count). The van der Waals surface area contributed by atoms with Crippen molar-refractivity contribution in [3.05, 3.63) is 0 Å². The van der Waals surface area contributed by atoms with Gasteiger partial charge in [-0.3, -0.25) is 4.79 Å². The number of nitrogens with two attached hydrogens (primary N) is 1. The number of sulfone groups is 1. The van der Waals surface area contributed by atoms with Gasteiger partial charge in [0.15, 0.2) is 0 Å². The molecule has 0 amide bonds. The Morgan fingerprint density at radius 2 is 1.87 bits per heavy atom. The molecular formula is C5H7ClF3NO4S. The molecule has 90 valence electrons. The number of alkyl halides is 4. The average molecular weight is 270 g/mol. The number of carboxylic acids is 1. The minimum Gasteiger partial charge on any atom is -0.480 e. The molecule has 10 heteroatoms. The van der Waals surface area contributed by atoms with Gasteiger partial charge in [0.25, 0.3) is 9.84 Å². The van der Waals surface area contributed by atoms with Gasteiger partial charge in [0.05, 0.1) is 0 Å². The highest BCUT2D eigenvalue weighted by Gasteiger charge is 2.50. The molecule has 2 unspecified atom stereocenters. The topological polar surface area (TPSA) is 97.5 Å². The van der Waals surface area contributed by atoms with Crippen LogP contribution in [0.25, 0.3) is 0 Å². The third-order valence-corrected chi connectivity index (χ3v) is 3.81. The summed E-state index contributed by atoms with van der Waals surface area (Å²) in [5, 5.41) is 8.24. The number of carbonyl (C=O) groups is 1. The minimum atomic E-state index is -5.58. The van der Waals surface area contributed by atoms with E-state index in [0.29, 0.717) is 0 Å². The van der Waals surface area contributed by atoms with E-state index in [1.807, 2.05) is 0 Å². The van der Waals surface area contributed by atoms with E-state index in [4.69, 9.17) is 22.4 Å². The first kappa shape index (κ1) is 14.5. The smallest absolute Gasteiger partial charge is 0.480 e. The van der Waals surface area contributed by atoms with Crippen LogP contribution in [0.3, 0.4) is 0 Å². The largest absolute Gasteiger partial charge is 0.498 e. The zero-order valence-corrected chi connectivity index (χ0v) is 8.60. The van der Waals surface area contributed by atoms with Crippen LogP contribution in [-0.4, -0.2) is 35.8 Å². The van der Waals surface area contributed by atoms with Gasteiger partial charge in [-0.1, -0.05) is 0 Å². The Morgan fingerprint density at radius 1 is 1.47 bits per heavy atom. The predicted octanol–water partition coefficient (Wildman–Crippen LogP) is 0.288. The fourth-order valence-electron chi connectivity index (χ4n) is 0.572. The Hall–Kier alpha value is -0.540. The highest BCUT2D eigenvalue weighted by molar-refractivity contribution is 7.94. The Balaban J connectivity index is 4.75. The van der Waals surface area contributed by atoms with Crippen LogP contribution in [0.5, 0.6) is 0 Å². The molecule has 0 aromatic heterocycles. The summed E-state index contributed by atoms with van der Waals surface area (Å²) in [5.41, 5.74) is -0.675. The summed E-state index contributed by atoms with van der Waals surface area (Å²) in [7, 11) is -5.58.